The maximum Gasteiger partial charge on any atom is 0.223 e. The lowest BCUT2D eigenvalue weighted by Crippen LogP contribution is -2.39. The largest absolute Gasteiger partial charge is 0.393 e. The summed E-state index contributed by atoms with van der Waals surface area (Å²) in [5.74, 6) is 0.374. The third-order valence-electron chi connectivity index (χ3n) is 2.52. The SMILES string of the molecule is COCC(C)CC(=O)N(CCC(N)=S)C(C)C. The third kappa shape index (κ3) is 7.28. The standard InChI is InChI=1S/C12H24N2O2S/c1-9(2)14(6-5-11(13)17)12(15)7-10(3)8-16-4/h9-10H,5-8H2,1-4H3,(H2,13,17). The lowest BCUT2D eigenvalue weighted by molar-refractivity contribution is -0.134. The molecule has 0 saturated carbocycles. The van der Waals surface area contributed by atoms with Crippen LogP contribution in [0.3, 0.4) is 0 Å². The molecule has 100 valence electrons. The number of nitrogens with two attached hydrogens (primary N) is 1. The van der Waals surface area contributed by atoms with Crippen LogP contribution in [0.4, 0.5) is 0 Å². The van der Waals surface area contributed by atoms with E-state index in [1.807, 2.05) is 25.7 Å². The summed E-state index contributed by atoms with van der Waals surface area (Å²) < 4.78 is 5.03. The zero-order valence-corrected chi connectivity index (χ0v) is 12.0. The molecule has 0 aromatic carbocycles. The Morgan fingerprint density at radius 1 is 1.41 bits per heavy atom. The highest BCUT2D eigenvalue weighted by Crippen LogP contribution is 2.09. The van der Waals surface area contributed by atoms with E-state index < -0.39 is 0 Å². The quantitative estimate of drug-likeness (QED) is 0.673. The highest BCUT2D eigenvalue weighted by molar-refractivity contribution is 7.80. The van der Waals surface area contributed by atoms with E-state index in [-0.39, 0.29) is 17.9 Å². The van der Waals surface area contributed by atoms with Crippen LogP contribution in [0.25, 0.3) is 0 Å². The zero-order chi connectivity index (χ0) is 13.4. The van der Waals surface area contributed by atoms with Crippen LogP contribution in [0.15, 0.2) is 0 Å². The Bertz CT molecular complexity index is 257. The first kappa shape index (κ1) is 16.3. The van der Waals surface area contributed by atoms with Crippen LogP contribution in [0.1, 0.15) is 33.6 Å². The van der Waals surface area contributed by atoms with Crippen LogP contribution in [-0.2, 0) is 9.53 Å². The Balaban J connectivity index is 4.29. The van der Waals surface area contributed by atoms with Gasteiger partial charge in [-0.15, -0.1) is 0 Å². The number of thiocarbonyl (C=S) groups is 1. The molecule has 0 radical (unpaired) electrons. The van der Waals surface area contributed by atoms with Crippen molar-refractivity contribution >= 4 is 23.1 Å². The highest BCUT2D eigenvalue weighted by Gasteiger charge is 2.19. The van der Waals surface area contributed by atoms with E-state index in [2.05, 4.69) is 0 Å². The Labute approximate surface area is 109 Å². The first-order valence-electron chi connectivity index (χ1n) is 5.95. The van der Waals surface area contributed by atoms with Gasteiger partial charge in [-0.3, -0.25) is 4.79 Å². The molecule has 1 atom stereocenters. The minimum atomic E-state index is 0.140. The molecule has 0 aliphatic heterocycles. The summed E-state index contributed by atoms with van der Waals surface area (Å²) in [5.41, 5.74) is 5.46. The number of carbonyl (C=O) groups is 1. The van der Waals surface area contributed by atoms with Crippen molar-refractivity contribution in [3.8, 4) is 0 Å². The van der Waals surface area contributed by atoms with Gasteiger partial charge in [0, 0.05) is 39.1 Å². The minimum Gasteiger partial charge on any atom is -0.393 e. The average Bonchev–Trinajstić information content (AvgIpc) is 2.16. The number of hydrogen-bond donors (Lipinski definition) is 1. The zero-order valence-electron chi connectivity index (χ0n) is 11.2. The van der Waals surface area contributed by atoms with Gasteiger partial charge < -0.3 is 15.4 Å². The molecule has 2 N–H and O–H groups in total. The monoisotopic (exact) mass is 260 g/mol. The molecule has 1 amide bonds. The van der Waals surface area contributed by atoms with E-state index in [1.165, 1.54) is 0 Å². The smallest absolute Gasteiger partial charge is 0.223 e. The summed E-state index contributed by atoms with van der Waals surface area (Å²) >= 11 is 4.84. The van der Waals surface area contributed by atoms with E-state index in [0.717, 1.165) is 0 Å². The number of carbonyl (C=O) groups excluding carboxylic acids is 1. The topological polar surface area (TPSA) is 55.6 Å². The van der Waals surface area contributed by atoms with Gasteiger partial charge in [0.1, 0.15) is 0 Å². The molecule has 0 aromatic rings. The van der Waals surface area contributed by atoms with E-state index in [1.54, 1.807) is 7.11 Å². The summed E-state index contributed by atoms with van der Waals surface area (Å²) in [4.78, 5) is 14.3. The van der Waals surface area contributed by atoms with Gasteiger partial charge in [-0.25, -0.2) is 0 Å². The molecule has 0 fully saturated rings. The molecule has 0 bridgehead atoms. The summed E-state index contributed by atoms with van der Waals surface area (Å²) in [7, 11) is 1.65. The Kier molecular flexibility index (Phi) is 8.08. The van der Waals surface area contributed by atoms with Gasteiger partial charge >= 0.3 is 0 Å². The second-order valence-corrected chi connectivity index (χ2v) is 5.19. The molecule has 17 heavy (non-hydrogen) atoms. The van der Waals surface area contributed by atoms with Crippen molar-refractivity contribution in [1.29, 1.82) is 0 Å². The number of nitrogens with zero attached hydrogens (tertiary/aromatic N) is 1. The van der Waals surface area contributed by atoms with Crippen LogP contribution in [0.5, 0.6) is 0 Å². The fraction of sp³-hybridized carbons (Fsp3) is 0.833. The van der Waals surface area contributed by atoms with Crippen molar-refractivity contribution in [2.45, 2.75) is 39.7 Å². The maximum absolute atomic E-state index is 12.1. The maximum atomic E-state index is 12.1. The summed E-state index contributed by atoms with van der Waals surface area (Å²) in [5, 5.41) is 0. The second-order valence-electron chi connectivity index (χ2n) is 4.66. The molecule has 1 unspecified atom stereocenters. The molecule has 0 aliphatic rings. The van der Waals surface area contributed by atoms with Crippen molar-refractivity contribution in [2.75, 3.05) is 20.3 Å². The highest BCUT2D eigenvalue weighted by atomic mass is 32.1. The van der Waals surface area contributed by atoms with Gasteiger partial charge in [0.05, 0.1) is 4.99 Å². The van der Waals surface area contributed by atoms with Gasteiger partial charge in [-0.2, -0.15) is 0 Å². The number of ether oxygens (including phenoxy) is 1. The number of methoxy groups -OCH3 is 1. The lowest BCUT2D eigenvalue weighted by atomic mass is 10.1. The van der Waals surface area contributed by atoms with Crippen molar-refractivity contribution in [1.82, 2.24) is 4.90 Å². The molecule has 0 rings (SSSR count). The fourth-order valence-corrected chi connectivity index (χ4v) is 1.75. The minimum absolute atomic E-state index is 0.140. The van der Waals surface area contributed by atoms with Crippen LogP contribution in [0.2, 0.25) is 0 Å². The van der Waals surface area contributed by atoms with Crippen LogP contribution in [0, 0.1) is 5.92 Å². The average molecular weight is 260 g/mol. The van der Waals surface area contributed by atoms with Crippen LogP contribution < -0.4 is 5.73 Å². The summed E-state index contributed by atoms with van der Waals surface area (Å²) in [6, 6.07) is 0.173. The Morgan fingerprint density at radius 2 is 2.00 bits per heavy atom. The number of amides is 1. The molecule has 0 aliphatic carbocycles. The molecule has 5 heteroatoms. The molecule has 0 spiro atoms. The normalized spacial score (nSPS) is 12.5. The van der Waals surface area contributed by atoms with E-state index >= 15 is 0 Å². The number of hydrogen-bond acceptors (Lipinski definition) is 3. The summed E-state index contributed by atoms with van der Waals surface area (Å²) in [6.45, 7) is 7.21. The van der Waals surface area contributed by atoms with Gasteiger partial charge in [-0.05, 0) is 19.8 Å². The first-order valence-corrected chi connectivity index (χ1v) is 6.36. The predicted octanol–water partition coefficient (Wildman–Crippen LogP) is 1.57. The predicted molar refractivity (Wildman–Crippen MR) is 73.9 cm³/mol. The third-order valence-corrected chi connectivity index (χ3v) is 2.72. The van der Waals surface area contributed by atoms with Crippen molar-refractivity contribution in [2.24, 2.45) is 11.7 Å². The van der Waals surface area contributed by atoms with Crippen molar-refractivity contribution in [3.63, 3.8) is 0 Å². The Hall–Kier alpha value is -0.680. The molecular formula is C12H24N2O2S. The first-order chi connectivity index (χ1) is 7.88. The Morgan fingerprint density at radius 3 is 2.41 bits per heavy atom. The van der Waals surface area contributed by atoms with Gasteiger partial charge in [0.25, 0.3) is 0 Å². The van der Waals surface area contributed by atoms with E-state index in [0.29, 0.717) is 31.0 Å². The van der Waals surface area contributed by atoms with Crippen molar-refractivity contribution in [3.05, 3.63) is 0 Å². The molecule has 0 heterocycles. The lowest BCUT2D eigenvalue weighted by Gasteiger charge is -2.27. The fourth-order valence-electron chi connectivity index (χ4n) is 1.66. The molecule has 0 aromatic heterocycles. The summed E-state index contributed by atoms with van der Waals surface area (Å²) in [6.07, 6.45) is 1.08. The van der Waals surface area contributed by atoms with E-state index in [9.17, 15) is 4.79 Å². The van der Waals surface area contributed by atoms with Gasteiger partial charge in [0.15, 0.2) is 0 Å². The molecule has 0 saturated heterocycles. The van der Waals surface area contributed by atoms with Crippen LogP contribution in [-0.4, -0.2) is 42.1 Å². The van der Waals surface area contributed by atoms with Gasteiger partial charge in [0.2, 0.25) is 5.91 Å². The second kappa shape index (κ2) is 8.42. The van der Waals surface area contributed by atoms with E-state index in [4.69, 9.17) is 22.7 Å². The van der Waals surface area contributed by atoms with Crippen LogP contribution >= 0.6 is 12.2 Å². The van der Waals surface area contributed by atoms with Crippen molar-refractivity contribution < 1.29 is 9.53 Å². The number of rotatable bonds is 8. The van der Waals surface area contributed by atoms with Gasteiger partial charge in [-0.1, -0.05) is 19.1 Å². The molecular weight excluding hydrogens is 236 g/mol. The molecule has 4 nitrogen and oxygen atoms in total.